The molecular formula is C14H23ClN4O3S. The first-order valence-electron chi connectivity index (χ1n) is 7.70. The SMILES string of the molecule is Cc1nn(CCCNC(=O)C2CCN(S(C)(=O)=O)CC2)cc1Cl. The van der Waals surface area contributed by atoms with Crippen molar-refractivity contribution in [3.63, 3.8) is 0 Å². The van der Waals surface area contributed by atoms with Crippen LogP contribution in [0.15, 0.2) is 6.20 Å². The Morgan fingerprint density at radius 3 is 2.61 bits per heavy atom. The van der Waals surface area contributed by atoms with E-state index in [-0.39, 0.29) is 11.8 Å². The van der Waals surface area contributed by atoms with Gasteiger partial charge in [-0.15, -0.1) is 0 Å². The third kappa shape index (κ3) is 5.19. The molecule has 0 aliphatic carbocycles. The van der Waals surface area contributed by atoms with Crippen molar-refractivity contribution in [1.82, 2.24) is 19.4 Å². The molecule has 0 bridgehead atoms. The highest BCUT2D eigenvalue weighted by Crippen LogP contribution is 2.19. The molecule has 0 unspecified atom stereocenters. The van der Waals surface area contributed by atoms with Crippen molar-refractivity contribution < 1.29 is 13.2 Å². The standard InChI is InChI=1S/C14H23ClN4O3S/c1-11-13(15)10-18(17-11)7-3-6-16-14(20)12-4-8-19(9-5-12)23(2,21)22/h10,12H,3-9H2,1-2H3,(H,16,20). The van der Waals surface area contributed by atoms with Gasteiger partial charge in [0.15, 0.2) is 0 Å². The Balaban J connectivity index is 1.67. The molecule has 1 aliphatic heterocycles. The minimum absolute atomic E-state index is 0.00725. The Bertz CT molecular complexity index is 631. The summed E-state index contributed by atoms with van der Waals surface area (Å²) in [5.41, 5.74) is 0.799. The summed E-state index contributed by atoms with van der Waals surface area (Å²) in [6, 6.07) is 0. The van der Waals surface area contributed by atoms with Crippen LogP contribution < -0.4 is 5.32 Å². The monoisotopic (exact) mass is 362 g/mol. The van der Waals surface area contributed by atoms with Gasteiger partial charge in [-0.1, -0.05) is 11.6 Å². The summed E-state index contributed by atoms with van der Waals surface area (Å²) >= 11 is 5.94. The number of halogens is 1. The second kappa shape index (κ2) is 7.63. The van der Waals surface area contributed by atoms with Gasteiger partial charge in [-0.05, 0) is 26.2 Å². The first kappa shape index (κ1) is 18.2. The molecule has 2 rings (SSSR count). The lowest BCUT2D eigenvalue weighted by atomic mass is 9.97. The first-order valence-corrected chi connectivity index (χ1v) is 9.92. The number of rotatable bonds is 6. The van der Waals surface area contributed by atoms with Crippen molar-refractivity contribution >= 4 is 27.5 Å². The molecule has 0 radical (unpaired) electrons. The van der Waals surface area contributed by atoms with Crippen molar-refractivity contribution in [1.29, 1.82) is 0 Å². The zero-order valence-electron chi connectivity index (χ0n) is 13.5. The molecule has 23 heavy (non-hydrogen) atoms. The summed E-state index contributed by atoms with van der Waals surface area (Å²) in [5.74, 6) is -0.0952. The maximum absolute atomic E-state index is 12.1. The number of amides is 1. The minimum atomic E-state index is -3.15. The molecule has 1 aromatic heterocycles. The number of aromatic nitrogens is 2. The number of hydrogen-bond acceptors (Lipinski definition) is 4. The van der Waals surface area contributed by atoms with E-state index in [4.69, 9.17) is 11.6 Å². The largest absolute Gasteiger partial charge is 0.356 e. The second-order valence-electron chi connectivity index (χ2n) is 5.91. The van der Waals surface area contributed by atoms with Gasteiger partial charge in [0.2, 0.25) is 15.9 Å². The molecule has 1 aromatic rings. The zero-order chi connectivity index (χ0) is 17.0. The van der Waals surface area contributed by atoms with Gasteiger partial charge in [-0.25, -0.2) is 12.7 Å². The topological polar surface area (TPSA) is 84.3 Å². The van der Waals surface area contributed by atoms with Gasteiger partial charge < -0.3 is 5.32 Å². The fourth-order valence-corrected chi connectivity index (χ4v) is 3.68. The van der Waals surface area contributed by atoms with Gasteiger partial charge >= 0.3 is 0 Å². The molecule has 0 spiro atoms. The van der Waals surface area contributed by atoms with E-state index in [0.717, 1.165) is 12.1 Å². The third-order valence-corrected chi connectivity index (χ3v) is 5.72. The maximum atomic E-state index is 12.1. The van der Waals surface area contributed by atoms with E-state index in [1.165, 1.54) is 10.6 Å². The molecule has 130 valence electrons. The Labute approximate surface area is 142 Å². The van der Waals surface area contributed by atoms with E-state index < -0.39 is 10.0 Å². The van der Waals surface area contributed by atoms with Gasteiger partial charge in [0, 0.05) is 38.3 Å². The number of nitrogens with one attached hydrogen (secondary N) is 1. The molecule has 9 heteroatoms. The van der Waals surface area contributed by atoms with Crippen LogP contribution in [0.3, 0.4) is 0 Å². The van der Waals surface area contributed by atoms with E-state index in [9.17, 15) is 13.2 Å². The van der Waals surface area contributed by atoms with Crippen LogP contribution in [0.25, 0.3) is 0 Å². The van der Waals surface area contributed by atoms with Crippen molar-refractivity contribution in [2.75, 3.05) is 25.9 Å². The van der Waals surface area contributed by atoms with Crippen LogP contribution in [0.2, 0.25) is 5.02 Å². The highest BCUT2D eigenvalue weighted by molar-refractivity contribution is 7.88. The summed E-state index contributed by atoms with van der Waals surface area (Å²) in [4.78, 5) is 12.1. The van der Waals surface area contributed by atoms with Gasteiger partial charge in [0.25, 0.3) is 0 Å². The van der Waals surface area contributed by atoms with E-state index in [1.54, 1.807) is 10.9 Å². The molecule has 0 atom stereocenters. The van der Waals surface area contributed by atoms with Crippen LogP contribution in [0.5, 0.6) is 0 Å². The fourth-order valence-electron chi connectivity index (χ4n) is 2.65. The van der Waals surface area contributed by atoms with Crippen molar-refractivity contribution in [3.8, 4) is 0 Å². The minimum Gasteiger partial charge on any atom is -0.356 e. The van der Waals surface area contributed by atoms with Gasteiger partial charge in [-0.2, -0.15) is 5.10 Å². The van der Waals surface area contributed by atoms with E-state index >= 15 is 0 Å². The smallest absolute Gasteiger partial charge is 0.223 e. The fraction of sp³-hybridized carbons (Fsp3) is 0.714. The number of sulfonamides is 1. The van der Waals surface area contributed by atoms with Gasteiger partial charge in [-0.3, -0.25) is 9.48 Å². The van der Waals surface area contributed by atoms with Crippen LogP contribution in [-0.4, -0.2) is 54.3 Å². The first-order chi connectivity index (χ1) is 10.8. The number of nitrogens with zero attached hydrogens (tertiary/aromatic N) is 3. The number of carbonyl (C=O) groups is 1. The lowest BCUT2D eigenvalue weighted by Crippen LogP contribution is -2.42. The molecule has 1 amide bonds. The van der Waals surface area contributed by atoms with E-state index in [1.807, 2.05) is 6.92 Å². The molecular weight excluding hydrogens is 340 g/mol. The van der Waals surface area contributed by atoms with Gasteiger partial charge in [0.1, 0.15) is 0 Å². The molecule has 1 aliphatic rings. The number of piperidine rings is 1. The maximum Gasteiger partial charge on any atom is 0.223 e. The number of carbonyl (C=O) groups excluding carboxylic acids is 1. The van der Waals surface area contributed by atoms with Crippen molar-refractivity contribution in [2.45, 2.75) is 32.7 Å². The summed E-state index contributed by atoms with van der Waals surface area (Å²) in [7, 11) is -3.15. The summed E-state index contributed by atoms with van der Waals surface area (Å²) in [6.07, 6.45) is 4.90. The number of hydrogen-bond donors (Lipinski definition) is 1. The average Bonchev–Trinajstić information content (AvgIpc) is 2.81. The van der Waals surface area contributed by atoms with Crippen LogP contribution in [0.1, 0.15) is 25.0 Å². The summed E-state index contributed by atoms with van der Waals surface area (Å²) in [5, 5.41) is 7.82. The normalized spacial score (nSPS) is 17.3. The van der Waals surface area contributed by atoms with Crippen LogP contribution in [0, 0.1) is 12.8 Å². The summed E-state index contributed by atoms with van der Waals surface area (Å²) < 4.78 is 26.1. The predicted molar refractivity (Wildman–Crippen MR) is 88.7 cm³/mol. The molecule has 1 saturated heterocycles. The lowest BCUT2D eigenvalue weighted by Gasteiger charge is -2.29. The predicted octanol–water partition coefficient (Wildman–Crippen LogP) is 1.02. The molecule has 0 aromatic carbocycles. The van der Waals surface area contributed by atoms with E-state index in [0.29, 0.717) is 44.0 Å². The molecule has 1 fully saturated rings. The molecule has 0 saturated carbocycles. The highest BCUT2D eigenvalue weighted by Gasteiger charge is 2.28. The van der Waals surface area contributed by atoms with Gasteiger partial charge in [0.05, 0.1) is 17.0 Å². The molecule has 2 heterocycles. The Morgan fingerprint density at radius 1 is 1.43 bits per heavy atom. The zero-order valence-corrected chi connectivity index (χ0v) is 15.0. The number of aryl methyl sites for hydroxylation is 2. The third-order valence-electron chi connectivity index (χ3n) is 4.04. The van der Waals surface area contributed by atoms with Crippen LogP contribution >= 0.6 is 11.6 Å². The molecule has 1 N–H and O–H groups in total. The Hall–Kier alpha value is -1.12. The summed E-state index contributed by atoms with van der Waals surface area (Å²) in [6.45, 7) is 3.95. The van der Waals surface area contributed by atoms with Crippen LogP contribution in [0.4, 0.5) is 0 Å². The van der Waals surface area contributed by atoms with Crippen molar-refractivity contribution in [2.24, 2.45) is 5.92 Å². The Morgan fingerprint density at radius 2 is 2.09 bits per heavy atom. The molecule has 7 nitrogen and oxygen atoms in total. The lowest BCUT2D eigenvalue weighted by molar-refractivity contribution is -0.126. The Kier molecular flexibility index (Phi) is 6.05. The van der Waals surface area contributed by atoms with Crippen LogP contribution in [-0.2, 0) is 21.4 Å². The quantitative estimate of drug-likeness (QED) is 0.766. The second-order valence-corrected chi connectivity index (χ2v) is 8.30. The van der Waals surface area contributed by atoms with E-state index in [2.05, 4.69) is 10.4 Å². The van der Waals surface area contributed by atoms with Crippen molar-refractivity contribution in [3.05, 3.63) is 16.9 Å². The highest BCUT2D eigenvalue weighted by atomic mass is 35.5. The average molecular weight is 363 g/mol.